The number of anilines is 2. The summed E-state index contributed by atoms with van der Waals surface area (Å²) in [5, 5.41) is 13.4. The minimum absolute atomic E-state index is 0.00780. The van der Waals surface area contributed by atoms with E-state index in [2.05, 4.69) is 25.8 Å². The first-order chi connectivity index (χ1) is 14.1. The van der Waals surface area contributed by atoms with Crippen molar-refractivity contribution >= 4 is 27.4 Å². The van der Waals surface area contributed by atoms with Crippen molar-refractivity contribution in [3.63, 3.8) is 0 Å². The van der Waals surface area contributed by atoms with E-state index in [0.717, 1.165) is 30.5 Å². The highest BCUT2D eigenvalue weighted by Crippen LogP contribution is 2.36. The Hall–Kier alpha value is -2.62. The van der Waals surface area contributed by atoms with E-state index in [1.54, 1.807) is 6.20 Å². The van der Waals surface area contributed by atoms with Crippen molar-refractivity contribution in [3.05, 3.63) is 35.3 Å². The van der Waals surface area contributed by atoms with Crippen molar-refractivity contribution < 1.29 is 17.9 Å². The molecule has 1 saturated carbocycles. The molecule has 0 bridgehead atoms. The molecule has 0 saturated heterocycles. The van der Waals surface area contributed by atoms with Gasteiger partial charge < -0.3 is 15.4 Å². The lowest BCUT2D eigenvalue weighted by molar-refractivity contribution is 0.0936. The number of aromatic nitrogens is 3. The minimum atomic E-state index is -3.08. The van der Waals surface area contributed by atoms with Crippen LogP contribution in [-0.2, 0) is 26.1 Å². The summed E-state index contributed by atoms with van der Waals surface area (Å²) < 4.78 is 29.1. The van der Waals surface area contributed by atoms with Crippen molar-refractivity contribution in [3.8, 4) is 0 Å². The van der Waals surface area contributed by atoms with Gasteiger partial charge in [0.25, 0.3) is 0 Å². The summed E-state index contributed by atoms with van der Waals surface area (Å²) in [5.74, 6) is 0.919. The summed E-state index contributed by atoms with van der Waals surface area (Å²) >= 11 is 0. The summed E-state index contributed by atoms with van der Waals surface area (Å²) in [6.07, 6.45) is 3.60. The third-order valence-electron chi connectivity index (χ3n) is 5.24. The van der Waals surface area contributed by atoms with Gasteiger partial charge in [-0.15, -0.1) is 0 Å². The van der Waals surface area contributed by atoms with Crippen LogP contribution in [0.3, 0.4) is 0 Å². The zero-order valence-electron chi connectivity index (χ0n) is 17.4. The van der Waals surface area contributed by atoms with Crippen molar-refractivity contribution in [2.75, 3.05) is 5.32 Å². The average Bonchev–Trinajstić information content (AvgIpc) is 3.30. The second-order valence-corrected chi connectivity index (χ2v) is 11.2. The number of alkyl carbamates (subject to hydrolysis) is 1. The Balaban J connectivity index is 1.35. The van der Waals surface area contributed by atoms with Crippen LogP contribution in [0.1, 0.15) is 62.9 Å². The number of hydrogen-bond acceptors (Lipinski definition) is 7. The highest BCUT2D eigenvalue weighted by Gasteiger charge is 2.31. The molecule has 2 aromatic rings. The summed E-state index contributed by atoms with van der Waals surface area (Å²) in [5.41, 5.74) is 2.72. The molecule has 2 aromatic heterocycles. The fourth-order valence-corrected chi connectivity index (χ4v) is 5.43. The number of carbonyl (C=O) groups is 1. The van der Waals surface area contributed by atoms with Crippen LogP contribution >= 0.6 is 0 Å². The molecular weight excluding hydrogens is 406 g/mol. The van der Waals surface area contributed by atoms with Gasteiger partial charge in [-0.05, 0) is 51.7 Å². The summed E-state index contributed by atoms with van der Waals surface area (Å²) in [6, 6.07) is 3.75. The molecular formula is C20H27N5O4S. The van der Waals surface area contributed by atoms with Crippen LogP contribution in [-0.4, -0.2) is 41.3 Å². The number of aromatic amines is 1. The number of carbonyl (C=O) groups excluding carboxylic acids is 1. The molecule has 0 aromatic carbocycles. The van der Waals surface area contributed by atoms with E-state index in [1.807, 2.05) is 32.9 Å². The molecule has 3 heterocycles. The molecule has 0 unspecified atom stereocenters. The molecule has 2 aliphatic rings. The van der Waals surface area contributed by atoms with Crippen LogP contribution in [0.2, 0.25) is 0 Å². The lowest BCUT2D eigenvalue weighted by Crippen LogP contribution is -2.42. The van der Waals surface area contributed by atoms with E-state index in [-0.39, 0.29) is 35.2 Å². The van der Waals surface area contributed by atoms with Crippen molar-refractivity contribution in [1.29, 1.82) is 0 Å². The van der Waals surface area contributed by atoms with Crippen molar-refractivity contribution in [1.82, 2.24) is 20.5 Å². The number of nitrogens with one attached hydrogen (secondary N) is 3. The third kappa shape index (κ3) is 4.92. The van der Waals surface area contributed by atoms with E-state index in [1.165, 1.54) is 0 Å². The van der Waals surface area contributed by atoms with Crippen molar-refractivity contribution in [2.45, 2.75) is 69.1 Å². The molecule has 10 heteroatoms. The van der Waals surface area contributed by atoms with Gasteiger partial charge in [0.1, 0.15) is 6.10 Å². The van der Waals surface area contributed by atoms with E-state index in [9.17, 15) is 13.2 Å². The van der Waals surface area contributed by atoms with Gasteiger partial charge in [0.2, 0.25) is 0 Å². The molecule has 162 valence electrons. The molecule has 0 spiro atoms. The van der Waals surface area contributed by atoms with Crippen molar-refractivity contribution in [2.24, 2.45) is 0 Å². The van der Waals surface area contributed by atoms with E-state index in [0.29, 0.717) is 17.2 Å². The number of sulfone groups is 1. The molecule has 9 nitrogen and oxygen atoms in total. The van der Waals surface area contributed by atoms with Gasteiger partial charge in [0.05, 0.1) is 29.1 Å². The van der Waals surface area contributed by atoms with Gasteiger partial charge in [-0.25, -0.2) is 13.2 Å². The molecule has 1 fully saturated rings. The number of nitrogens with zero attached hydrogens (tertiary/aromatic N) is 2. The maximum Gasteiger partial charge on any atom is 0.407 e. The maximum atomic E-state index is 12.0. The molecule has 4 rings (SSSR count). The molecule has 1 amide bonds. The summed E-state index contributed by atoms with van der Waals surface area (Å²) in [7, 11) is -3.08. The number of pyridine rings is 1. The second-order valence-electron chi connectivity index (χ2n) is 9.11. The smallest absolute Gasteiger partial charge is 0.407 e. The molecule has 3 N–H and O–H groups in total. The van der Waals surface area contributed by atoms with Gasteiger partial charge in [-0.1, -0.05) is 0 Å². The van der Waals surface area contributed by atoms with Gasteiger partial charge in [-0.3, -0.25) is 10.1 Å². The van der Waals surface area contributed by atoms with Gasteiger partial charge >= 0.3 is 6.09 Å². The Morgan fingerprint density at radius 2 is 2.03 bits per heavy atom. The Morgan fingerprint density at radius 1 is 1.23 bits per heavy atom. The van der Waals surface area contributed by atoms with Crippen LogP contribution in [0.25, 0.3) is 0 Å². The monoisotopic (exact) mass is 433 g/mol. The van der Waals surface area contributed by atoms with Gasteiger partial charge in [0, 0.05) is 23.2 Å². The Bertz CT molecular complexity index is 1060. The summed E-state index contributed by atoms with van der Waals surface area (Å²) in [6.45, 7) is 5.75. The van der Waals surface area contributed by atoms with E-state index in [4.69, 9.17) is 4.74 Å². The molecule has 30 heavy (non-hydrogen) atoms. The highest BCUT2D eigenvalue weighted by molar-refractivity contribution is 7.90. The quantitative estimate of drug-likeness (QED) is 0.676. The van der Waals surface area contributed by atoms with Crippen LogP contribution in [0.5, 0.6) is 0 Å². The lowest BCUT2D eigenvalue weighted by Gasteiger charge is -2.22. The molecule has 1 aliphatic heterocycles. The predicted molar refractivity (Wildman–Crippen MR) is 112 cm³/mol. The fraction of sp³-hybridized carbons (Fsp3) is 0.550. The number of fused-ring (bicyclic) bond motifs is 1. The first-order valence-corrected chi connectivity index (χ1v) is 11.9. The number of hydrogen-bond donors (Lipinski definition) is 3. The SMILES string of the molecule is CC(C)(C)NC(=O)O[C@@H]1CC[C@H](c2cc(Nc3cnc4c(c3)CS(=O)(=O)C4)n[nH]2)C1. The number of rotatable bonds is 4. The highest BCUT2D eigenvalue weighted by atomic mass is 32.2. The zero-order chi connectivity index (χ0) is 21.5. The first-order valence-electron chi connectivity index (χ1n) is 10.1. The first kappa shape index (κ1) is 20.6. The minimum Gasteiger partial charge on any atom is -0.446 e. The fourth-order valence-electron chi connectivity index (χ4n) is 3.93. The third-order valence-corrected chi connectivity index (χ3v) is 6.70. The van der Waals surface area contributed by atoms with Crippen LogP contribution in [0, 0.1) is 0 Å². The average molecular weight is 434 g/mol. The maximum absolute atomic E-state index is 12.0. The van der Waals surface area contributed by atoms with Crippen LogP contribution in [0.4, 0.5) is 16.3 Å². The molecule has 2 atom stereocenters. The molecule has 1 aliphatic carbocycles. The topological polar surface area (TPSA) is 126 Å². The Labute approximate surface area is 175 Å². The van der Waals surface area contributed by atoms with Crippen LogP contribution in [0.15, 0.2) is 18.3 Å². The van der Waals surface area contributed by atoms with E-state index < -0.39 is 9.84 Å². The summed E-state index contributed by atoms with van der Waals surface area (Å²) in [4.78, 5) is 16.2. The van der Waals surface area contributed by atoms with Gasteiger partial charge in [0.15, 0.2) is 15.7 Å². The van der Waals surface area contributed by atoms with Gasteiger partial charge in [-0.2, -0.15) is 5.10 Å². The van der Waals surface area contributed by atoms with E-state index >= 15 is 0 Å². The lowest BCUT2D eigenvalue weighted by atomic mass is 10.0. The number of ether oxygens (including phenoxy) is 1. The number of amides is 1. The zero-order valence-corrected chi connectivity index (χ0v) is 18.2. The van der Waals surface area contributed by atoms with Crippen LogP contribution < -0.4 is 10.6 Å². The second kappa shape index (κ2) is 7.57. The predicted octanol–water partition coefficient (Wildman–Crippen LogP) is 3.14. The standard InChI is InChI=1S/C20H27N5O4S/c1-20(2,3)23-19(26)29-15-5-4-12(7-15)16-8-18(25-24-16)22-14-6-13-10-30(27,28)11-17(13)21-9-14/h6,8-9,12,15H,4-5,7,10-11H2,1-3H3,(H,23,26)(H2,22,24,25)/t12-,15+/m0/s1. The largest absolute Gasteiger partial charge is 0.446 e. The number of H-pyrrole nitrogens is 1. The Kier molecular flexibility index (Phi) is 5.21. The Morgan fingerprint density at radius 3 is 2.80 bits per heavy atom. The normalized spacial score (nSPS) is 22.5. The molecule has 0 radical (unpaired) electrons.